The molecule has 1 nitrogen and oxygen atoms in total. The molecule has 0 aliphatic heterocycles. The van der Waals surface area contributed by atoms with Crippen molar-refractivity contribution in [3.8, 4) is 0 Å². The summed E-state index contributed by atoms with van der Waals surface area (Å²) in [6, 6.07) is 8.65. The van der Waals surface area contributed by atoms with E-state index in [0.717, 1.165) is 13.1 Å². The van der Waals surface area contributed by atoms with Crippen LogP contribution in [0.5, 0.6) is 0 Å². The standard InChI is InChI=1S/C15H20N.Ti/c1-3-16(4-2)12-11-14-10-9-13-7-5-6-8-15(13)14;/h5-9,14H,3-4,11-12H2,1-2H3;/q-1;. The van der Waals surface area contributed by atoms with Crippen LogP contribution in [0.3, 0.4) is 0 Å². The number of hydrogen-bond acceptors (Lipinski definition) is 1. The van der Waals surface area contributed by atoms with Crippen molar-refractivity contribution in [2.75, 3.05) is 19.6 Å². The van der Waals surface area contributed by atoms with Crippen LogP contribution in [0.25, 0.3) is 6.08 Å². The molecule has 2 heteroatoms. The molecule has 0 spiro atoms. The first-order valence-electron chi connectivity index (χ1n) is 6.25. The first-order valence-corrected chi connectivity index (χ1v) is 6.25. The maximum atomic E-state index is 3.47. The van der Waals surface area contributed by atoms with Crippen LogP contribution in [-0.2, 0) is 21.7 Å². The van der Waals surface area contributed by atoms with Gasteiger partial charge in [-0.2, -0.15) is 5.56 Å². The molecule has 1 aromatic rings. The number of rotatable bonds is 5. The van der Waals surface area contributed by atoms with E-state index in [0.29, 0.717) is 5.92 Å². The summed E-state index contributed by atoms with van der Waals surface area (Å²) in [5.74, 6) is 0.511. The zero-order chi connectivity index (χ0) is 11.4. The van der Waals surface area contributed by atoms with Gasteiger partial charge in [0.05, 0.1) is 0 Å². The molecule has 0 fully saturated rings. The summed E-state index contributed by atoms with van der Waals surface area (Å²) in [6.45, 7) is 7.92. The second-order valence-electron chi connectivity index (χ2n) is 4.31. The minimum absolute atomic E-state index is 0. The Balaban J connectivity index is 0.00000144. The van der Waals surface area contributed by atoms with Gasteiger partial charge in [0, 0.05) is 21.7 Å². The van der Waals surface area contributed by atoms with E-state index < -0.39 is 0 Å². The molecule has 1 aliphatic carbocycles. The Labute approximate surface area is 120 Å². The van der Waals surface area contributed by atoms with Gasteiger partial charge in [-0.1, -0.05) is 38.0 Å². The smallest absolute Gasteiger partial charge is 0 e. The Morgan fingerprint density at radius 3 is 2.59 bits per heavy atom. The molecule has 1 aliphatic rings. The van der Waals surface area contributed by atoms with E-state index in [1.807, 2.05) is 0 Å². The van der Waals surface area contributed by atoms with Gasteiger partial charge >= 0.3 is 0 Å². The number of hydrogen-bond donors (Lipinski definition) is 0. The molecule has 0 saturated heterocycles. The summed E-state index contributed by atoms with van der Waals surface area (Å²) >= 11 is 0. The van der Waals surface area contributed by atoms with Gasteiger partial charge in [0.25, 0.3) is 0 Å². The second-order valence-corrected chi connectivity index (χ2v) is 4.31. The minimum atomic E-state index is 0. The average molecular weight is 262 g/mol. The normalized spacial score (nSPS) is 17.0. The third-order valence-electron chi connectivity index (χ3n) is 3.44. The summed E-state index contributed by atoms with van der Waals surface area (Å²) < 4.78 is 0. The predicted octanol–water partition coefficient (Wildman–Crippen LogP) is 3.33. The number of nitrogens with zero attached hydrogens (tertiary/aromatic N) is 1. The zero-order valence-corrected chi connectivity index (χ0v) is 12.3. The Kier molecular flexibility index (Phi) is 6.18. The maximum Gasteiger partial charge on any atom is 0 e. The van der Waals surface area contributed by atoms with E-state index in [1.54, 1.807) is 0 Å². The average Bonchev–Trinajstić information content (AvgIpc) is 2.74. The van der Waals surface area contributed by atoms with Crippen molar-refractivity contribution in [3.63, 3.8) is 0 Å². The Bertz CT molecular complexity index is 369. The summed E-state index contributed by atoms with van der Waals surface area (Å²) in [6.07, 6.45) is 6.80. The van der Waals surface area contributed by atoms with Crippen LogP contribution < -0.4 is 0 Å². The van der Waals surface area contributed by atoms with Gasteiger partial charge in [-0.3, -0.25) is 6.08 Å². The fraction of sp³-hybridized carbons (Fsp3) is 0.467. The molecule has 0 bridgehead atoms. The molecule has 1 aromatic carbocycles. The van der Waals surface area contributed by atoms with Gasteiger partial charge in [-0.15, -0.1) is 11.6 Å². The first-order chi connectivity index (χ1) is 7.85. The number of fused-ring (bicyclic) bond motifs is 1. The van der Waals surface area contributed by atoms with E-state index in [2.05, 4.69) is 55.2 Å². The van der Waals surface area contributed by atoms with Crippen molar-refractivity contribution >= 4 is 6.08 Å². The summed E-state index contributed by atoms with van der Waals surface area (Å²) in [5.41, 5.74) is 2.81. The second kappa shape index (κ2) is 7.15. The van der Waals surface area contributed by atoms with E-state index in [9.17, 15) is 0 Å². The molecule has 0 radical (unpaired) electrons. The largest absolute Gasteiger partial charge is 0.304 e. The molecular formula is C15H20NTi-. The molecule has 1 unspecified atom stereocenters. The van der Waals surface area contributed by atoms with Crippen molar-refractivity contribution in [2.45, 2.75) is 26.2 Å². The van der Waals surface area contributed by atoms with E-state index in [1.165, 1.54) is 24.1 Å². The number of allylic oxidation sites excluding steroid dienone is 1. The van der Waals surface area contributed by atoms with Crippen LogP contribution >= 0.6 is 0 Å². The van der Waals surface area contributed by atoms with Gasteiger partial charge in [-0.25, -0.2) is 6.08 Å². The third-order valence-corrected chi connectivity index (χ3v) is 3.44. The summed E-state index contributed by atoms with van der Waals surface area (Å²) in [4.78, 5) is 2.47. The third kappa shape index (κ3) is 3.54. The molecule has 0 N–H and O–H groups in total. The minimum Gasteiger partial charge on any atom is -0.304 e. The van der Waals surface area contributed by atoms with E-state index >= 15 is 0 Å². The molecule has 0 aromatic heterocycles. The topological polar surface area (TPSA) is 3.24 Å². The first kappa shape index (κ1) is 14.7. The molecule has 2 rings (SSSR count). The fourth-order valence-electron chi connectivity index (χ4n) is 2.33. The van der Waals surface area contributed by atoms with E-state index in [4.69, 9.17) is 0 Å². The summed E-state index contributed by atoms with van der Waals surface area (Å²) in [7, 11) is 0. The molecule has 1 atom stereocenters. The van der Waals surface area contributed by atoms with Crippen molar-refractivity contribution in [2.24, 2.45) is 0 Å². The molecule has 0 amide bonds. The SMILES string of the molecule is CCN(CC)CCC1[C-]=Cc2ccccc21.[Ti]. The van der Waals surface area contributed by atoms with Crippen LogP contribution in [0.2, 0.25) is 0 Å². The van der Waals surface area contributed by atoms with Crippen molar-refractivity contribution in [1.29, 1.82) is 0 Å². The van der Waals surface area contributed by atoms with Crippen LogP contribution in [0.4, 0.5) is 0 Å². The predicted molar refractivity (Wildman–Crippen MR) is 69.3 cm³/mol. The Morgan fingerprint density at radius 1 is 1.18 bits per heavy atom. The van der Waals surface area contributed by atoms with Crippen molar-refractivity contribution in [3.05, 3.63) is 41.5 Å². The number of benzene rings is 1. The summed E-state index contributed by atoms with van der Waals surface area (Å²) in [5, 5.41) is 0. The Morgan fingerprint density at radius 2 is 1.88 bits per heavy atom. The molecule has 0 saturated carbocycles. The fourth-order valence-corrected chi connectivity index (χ4v) is 2.33. The van der Waals surface area contributed by atoms with Gasteiger partial charge in [0.2, 0.25) is 0 Å². The molecule has 17 heavy (non-hydrogen) atoms. The van der Waals surface area contributed by atoms with Crippen LogP contribution in [0, 0.1) is 6.08 Å². The van der Waals surface area contributed by atoms with Crippen LogP contribution in [0.1, 0.15) is 37.3 Å². The molecule has 0 heterocycles. The molecular weight excluding hydrogens is 242 g/mol. The maximum absolute atomic E-state index is 3.47. The van der Waals surface area contributed by atoms with Crippen molar-refractivity contribution in [1.82, 2.24) is 4.90 Å². The van der Waals surface area contributed by atoms with Crippen LogP contribution in [-0.4, -0.2) is 24.5 Å². The van der Waals surface area contributed by atoms with Crippen molar-refractivity contribution < 1.29 is 21.7 Å². The molecule has 90 valence electrons. The quantitative estimate of drug-likeness (QED) is 0.581. The van der Waals surface area contributed by atoms with Gasteiger partial charge in [-0.05, 0) is 26.1 Å². The monoisotopic (exact) mass is 262 g/mol. The van der Waals surface area contributed by atoms with Gasteiger partial charge in [0.1, 0.15) is 0 Å². The van der Waals surface area contributed by atoms with Gasteiger partial charge in [0.15, 0.2) is 0 Å². The van der Waals surface area contributed by atoms with Gasteiger partial charge < -0.3 is 4.90 Å². The van der Waals surface area contributed by atoms with E-state index in [-0.39, 0.29) is 21.7 Å². The zero-order valence-electron chi connectivity index (χ0n) is 10.7. The van der Waals surface area contributed by atoms with Crippen LogP contribution in [0.15, 0.2) is 24.3 Å². The Hall–Kier alpha value is -0.366.